The maximum atomic E-state index is 13.1. The number of fused-ring (bicyclic) bond motifs is 1. The van der Waals surface area contributed by atoms with Crippen molar-refractivity contribution in [3.05, 3.63) is 104 Å². The summed E-state index contributed by atoms with van der Waals surface area (Å²) in [6.07, 6.45) is 0. The minimum absolute atomic E-state index is 0.162. The number of halogens is 1. The number of hydrogen-bond donors (Lipinski definition) is 2. The second-order valence-electron chi connectivity index (χ2n) is 7.18. The molecule has 1 heterocycles. The van der Waals surface area contributed by atoms with E-state index in [9.17, 15) is 14.4 Å². The van der Waals surface area contributed by atoms with Gasteiger partial charge in [0.25, 0.3) is 11.5 Å². The Morgan fingerprint density at radius 2 is 1.70 bits per heavy atom. The summed E-state index contributed by atoms with van der Waals surface area (Å²) in [7, 11) is 1.29. The number of benzene rings is 3. The minimum Gasteiger partial charge on any atom is -0.465 e. The Balaban J connectivity index is 1.59. The number of aromatic amines is 1. The number of carbonyl (C=O) groups excluding carboxylic acids is 2. The Morgan fingerprint density at radius 3 is 2.36 bits per heavy atom. The molecular formula is C24H18ClN3O4S. The van der Waals surface area contributed by atoms with Crippen molar-refractivity contribution in [2.45, 2.75) is 6.54 Å². The molecule has 7 nitrogen and oxygen atoms in total. The maximum Gasteiger partial charge on any atom is 0.337 e. The fourth-order valence-corrected chi connectivity index (χ4v) is 3.77. The van der Waals surface area contributed by atoms with E-state index >= 15 is 0 Å². The van der Waals surface area contributed by atoms with Gasteiger partial charge in [-0.1, -0.05) is 23.7 Å². The summed E-state index contributed by atoms with van der Waals surface area (Å²) in [6, 6.07) is 18.3. The molecule has 9 heteroatoms. The number of hydrogen-bond acceptors (Lipinski definition) is 5. The number of nitrogens with zero attached hydrogens (tertiary/aromatic N) is 1. The van der Waals surface area contributed by atoms with Crippen molar-refractivity contribution >= 4 is 46.6 Å². The summed E-state index contributed by atoms with van der Waals surface area (Å²) in [6.45, 7) is 0.362. The number of carbonyl (C=O) groups is 2. The van der Waals surface area contributed by atoms with E-state index in [2.05, 4.69) is 10.3 Å². The fraction of sp³-hybridized carbons (Fsp3) is 0.0833. The number of amides is 1. The van der Waals surface area contributed by atoms with E-state index in [1.165, 1.54) is 23.8 Å². The van der Waals surface area contributed by atoms with Crippen molar-refractivity contribution in [2.24, 2.45) is 0 Å². The molecule has 0 saturated carbocycles. The molecule has 0 aliphatic rings. The van der Waals surface area contributed by atoms with Gasteiger partial charge in [0, 0.05) is 17.1 Å². The van der Waals surface area contributed by atoms with E-state index in [1.54, 1.807) is 42.5 Å². The van der Waals surface area contributed by atoms with Crippen molar-refractivity contribution in [1.82, 2.24) is 14.9 Å². The Hall–Kier alpha value is -3.75. The molecule has 0 aliphatic carbocycles. The van der Waals surface area contributed by atoms with Crippen molar-refractivity contribution in [1.29, 1.82) is 0 Å². The lowest BCUT2D eigenvalue weighted by atomic mass is 10.1. The van der Waals surface area contributed by atoms with Crippen LogP contribution in [0.2, 0.25) is 5.02 Å². The minimum atomic E-state index is -0.509. The Morgan fingerprint density at radius 1 is 1.03 bits per heavy atom. The normalized spacial score (nSPS) is 10.7. The van der Waals surface area contributed by atoms with Crippen molar-refractivity contribution in [3.8, 4) is 5.69 Å². The van der Waals surface area contributed by atoms with E-state index in [0.717, 1.165) is 5.56 Å². The molecule has 166 valence electrons. The highest BCUT2D eigenvalue weighted by molar-refractivity contribution is 7.71. The third kappa shape index (κ3) is 4.72. The molecule has 0 radical (unpaired) electrons. The predicted octanol–water partition coefficient (Wildman–Crippen LogP) is 4.42. The van der Waals surface area contributed by atoms with Gasteiger partial charge in [0.05, 0.1) is 29.3 Å². The van der Waals surface area contributed by atoms with Crippen LogP contribution in [0.25, 0.3) is 16.6 Å². The molecule has 1 amide bonds. The van der Waals surface area contributed by atoms with Crippen LogP contribution in [-0.4, -0.2) is 28.5 Å². The van der Waals surface area contributed by atoms with Crippen LogP contribution in [0.5, 0.6) is 0 Å². The fourth-order valence-electron chi connectivity index (χ4n) is 3.35. The molecule has 0 fully saturated rings. The quantitative estimate of drug-likeness (QED) is 0.326. The molecule has 0 atom stereocenters. The van der Waals surface area contributed by atoms with Gasteiger partial charge in [0.1, 0.15) is 0 Å². The average Bonchev–Trinajstić information content (AvgIpc) is 2.83. The zero-order valence-corrected chi connectivity index (χ0v) is 19.0. The first-order chi connectivity index (χ1) is 15.9. The molecule has 4 rings (SSSR count). The van der Waals surface area contributed by atoms with Gasteiger partial charge in [-0.25, -0.2) is 4.79 Å². The molecule has 0 unspecified atom stereocenters. The summed E-state index contributed by atoms with van der Waals surface area (Å²) in [5.41, 5.74) is 2.27. The highest BCUT2D eigenvalue weighted by Gasteiger charge is 2.12. The number of rotatable bonds is 5. The Labute approximate surface area is 198 Å². The number of nitrogens with one attached hydrogen (secondary N) is 2. The van der Waals surface area contributed by atoms with Gasteiger partial charge in [-0.3, -0.25) is 14.2 Å². The average molecular weight is 480 g/mol. The van der Waals surface area contributed by atoms with Crippen molar-refractivity contribution in [2.75, 3.05) is 7.11 Å². The number of esters is 1. The predicted molar refractivity (Wildman–Crippen MR) is 129 cm³/mol. The van der Waals surface area contributed by atoms with Gasteiger partial charge in [0.2, 0.25) is 0 Å². The lowest BCUT2D eigenvalue weighted by Gasteiger charge is -2.10. The zero-order valence-electron chi connectivity index (χ0n) is 17.4. The first-order valence-electron chi connectivity index (χ1n) is 9.88. The van der Waals surface area contributed by atoms with Crippen molar-refractivity contribution < 1.29 is 14.3 Å². The van der Waals surface area contributed by atoms with Gasteiger partial charge < -0.3 is 15.0 Å². The molecule has 2 N–H and O–H groups in total. The lowest BCUT2D eigenvalue weighted by molar-refractivity contribution is 0.0600. The highest BCUT2D eigenvalue weighted by Crippen LogP contribution is 2.15. The molecular weight excluding hydrogens is 462 g/mol. The molecule has 0 bridgehead atoms. The molecule has 0 spiro atoms. The molecule has 0 saturated heterocycles. The van der Waals surface area contributed by atoms with Crippen LogP contribution >= 0.6 is 23.8 Å². The van der Waals surface area contributed by atoms with Crippen LogP contribution in [-0.2, 0) is 11.3 Å². The molecule has 4 aromatic rings. The van der Waals surface area contributed by atoms with Crippen LogP contribution in [0.15, 0.2) is 71.5 Å². The Kier molecular flexibility index (Phi) is 6.39. The maximum absolute atomic E-state index is 13.1. The zero-order chi connectivity index (χ0) is 23.5. The molecule has 1 aromatic heterocycles. The molecule has 3 aromatic carbocycles. The summed E-state index contributed by atoms with van der Waals surface area (Å²) in [4.78, 5) is 40.3. The van der Waals surface area contributed by atoms with E-state index in [0.29, 0.717) is 39.3 Å². The summed E-state index contributed by atoms with van der Waals surface area (Å²) < 4.78 is 6.22. The van der Waals surface area contributed by atoms with Crippen LogP contribution in [0.3, 0.4) is 0 Å². The smallest absolute Gasteiger partial charge is 0.337 e. The second-order valence-corrected chi connectivity index (χ2v) is 8.00. The first-order valence-corrected chi connectivity index (χ1v) is 10.7. The monoisotopic (exact) mass is 479 g/mol. The largest absolute Gasteiger partial charge is 0.465 e. The third-order valence-corrected chi connectivity index (χ3v) is 5.61. The Bertz CT molecular complexity index is 1480. The second kappa shape index (κ2) is 9.40. The standard InChI is InChI=1S/C24H18ClN3O4S/c1-32-23(31)16-6-11-19-20(12-16)27-24(33)28(22(19)30)18-9-4-15(5-10-18)21(29)26-13-14-2-7-17(25)8-3-14/h2-12H,13H2,1H3,(H,26,29)(H,27,33). The van der Waals surface area contributed by atoms with Crippen LogP contribution in [0, 0.1) is 4.77 Å². The van der Waals surface area contributed by atoms with Crippen LogP contribution < -0.4 is 10.9 Å². The topological polar surface area (TPSA) is 93.2 Å². The van der Waals surface area contributed by atoms with Gasteiger partial charge in [0.15, 0.2) is 4.77 Å². The van der Waals surface area contributed by atoms with Crippen LogP contribution in [0.1, 0.15) is 26.3 Å². The third-order valence-electron chi connectivity index (χ3n) is 5.07. The number of H-pyrrole nitrogens is 1. The van der Waals surface area contributed by atoms with Crippen LogP contribution in [0.4, 0.5) is 0 Å². The van der Waals surface area contributed by atoms with E-state index < -0.39 is 5.97 Å². The summed E-state index contributed by atoms with van der Waals surface area (Å²) in [5.74, 6) is -0.756. The molecule has 33 heavy (non-hydrogen) atoms. The SMILES string of the molecule is COC(=O)c1ccc2c(=O)n(-c3ccc(C(=O)NCc4ccc(Cl)cc4)cc3)c(=S)[nH]c2c1. The first kappa shape index (κ1) is 22.4. The highest BCUT2D eigenvalue weighted by atomic mass is 35.5. The van der Waals surface area contributed by atoms with E-state index in [1.807, 2.05) is 12.1 Å². The lowest BCUT2D eigenvalue weighted by Crippen LogP contribution is -2.23. The van der Waals surface area contributed by atoms with Gasteiger partial charge >= 0.3 is 5.97 Å². The number of methoxy groups -OCH3 is 1. The number of ether oxygens (including phenoxy) is 1. The number of aromatic nitrogens is 2. The van der Waals surface area contributed by atoms with Crippen molar-refractivity contribution in [3.63, 3.8) is 0 Å². The van der Waals surface area contributed by atoms with E-state index in [-0.39, 0.29) is 16.2 Å². The van der Waals surface area contributed by atoms with E-state index in [4.69, 9.17) is 28.6 Å². The van der Waals surface area contributed by atoms with Gasteiger partial charge in [-0.05, 0) is 72.4 Å². The van der Waals surface area contributed by atoms with Gasteiger partial charge in [-0.2, -0.15) is 0 Å². The summed E-state index contributed by atoms with van der Waals surface area (Å²) >= 11 is 11.3. The van der Waals surface area contributed by atoms with Gasteiger partial charge in [-0.15, -0.1) is 0 Å². The molecule has 0 aliphatic heterocycles. The summed E-state index contributed by atoms with van der Waals surface area (Å²) in [5, 5.41) is 3.84.